The fourth-order valence-electron chi connectivity index (χ4n) is 1.12. The van der Waals surface area contributed by atoms with Gasteiger partial charge >= 0.3 is 35.3 Å². The second-order valence-corrected chi connectivity index (χ2v) is 5.59. The zero-order chi connectivity index (χ0) is 9.68. The molecule has 0 aromatic heterocycles. The Kier molecular flexibility index (Phi) is 6.87. The van der Waals surface area contributed by atoms with Crippen molar-refractivity contribution in [1.29, 1.82) is 5.26 Å². The van der Waals surface area contributed by atoms with Gasteiger partial charge in [-0.1, -0.05) is 24.3 Å². The predicted octanol–water partition coefficient (Wildman–Crippen LogP) is 3.60. The number of allylic oxidation sites excluding steroid dienone is 1. The maximum absolute atomic E-state index is 8.51. The third-order valence-corrected chi connectivity index (χ3v) is 1.67. The zero-order valence-corrected chi connectivity index (χ0v) is 10.9. The molecule has 0 heterocycles. The van der Waals surface area contributed by atoms with Crippen LogP contribution in [-0.2, 0) is 16.5 Å². The molecule has 2 rings (SSSR count). The molecule has 0 aliphatic heterocycles. The molecule has 1 aliphatic rings. The van der Waals surface area contributed by atoms with Crippen molar-refractivity contribution in [3.05, 3.63) is 35.4 Å². The van der Waals surface area contributed by atoms with Gasteiger partial charge in [-0.3, -0.25) is 0 Å². The summed E-state index contributed by atoms with van der Waals surface area (Å²) in [5.74, 6) is 0. The van der Waals surface area contributed by atoms with Crippen LogP contribution in [0.2, 0.25) is 0 Å². The Morgan fingerprint density at radius 2 is 1.79 bits per heavy atom. The summed E-state index contributed by atoms with van der Waals surface area (Å²) in [6, 6.07) is 10.0. The molecule has 5 heteroatoms. The Bertz CT molecular complexity index is 371. The third kappa shape index (κ3) is 3.11. The van der Waals surface area contributed by atoms with E-state index >= 15 is 0 Å². The first kappa shape index (κ1) is 13.7. The molecule has 2 nitrogen and oxygen atoms in total. The van der Waals surface area contributed by atoms with Crippen LogP contribution in [0.4, 0.5) is 0 Å². The Hall–Kier alpha value is -0.322. The van der Waals surface area contributed by atoms with Gasteiger partial charge in [-0.05, 0) is 17.2 Å². The fraction of sp³-hybridized carbons (Fsp3) is 0. The van der Waals surface area contributed by atoms with E-state index in [0.29, 0.717) is 0 Å². The van der Waals surface area contributed by atoms with Crippen LogP contribution in [0.25, 0.3) is 11.6 Å². The monoisotopic (exact) mass is 409 g/mol. The van der Waals surface area contributed by atoms with Gasteiger partial charge in [-0.15, -0.1) is 0 Å². The normalized spacial score (nSPS) is 10.5. The van der Waals surface area contributed by atoms with E-state index in [9.17, 15) is 0 Å². The van der Waals surface area contributed by atoms with Gasteiger partial charge in [0.05, 0.1) is 11.6 Å². The Labute approximate surface area is 99.5 Å². The average molecular weight is 410 g/mol. The third-order valence-electron chi connectivity index (χ3n) is 1.67. The van der Waals surface area contributed by atoms with Crippen molar-refractivity contribution in [3.8, 4) is 6.07 Å². The Morgan fingerprint density at radius 1 is 1.21 bits per heavy atom. The number of fused-ring (bicyclic) bond motifs is 1. The molecular formula is C9H8Cl2N2Pt. The molecule has 0 bridgehead atoms. The van der Waals surface area contributed by atoms with Crippen molar-refractivity contribution >= 4 is 30.5 Å². The fourth-order valence-corrected chi connectivity index (χ4v) is 1.12. The van der Waals surface area contributed by atoms with Crippen molar-refractivity contribution < 1.29 is 16.5 Å². The number of nitrogens with zero attached hydrogens (tertiary/aromatic N) is 1. The standard InChI is InChI=1S/C9H5N.2ClH.H3N.Pt/c10-6-8-5-7-3-1-2-4-9(7)8;;;;/h1-5H;2*1H;1H3;/q;;;;+2/p-2. The van der Waals surface area contributed by atoms with Gasteiger partial charge in [0.1, 0.15) is 0 Å². The number of hydrogen-bond acceptors (Lipinski definition) is 2. The first-order chi connectivity index (χ1) is 6.33. The van der Waals surface area contributed by atoms with E-state index in [-0.39, 0.29) is 6.15 Å². The molecule has 3 N–H and O–H groups in total. The molecule has 0 spiro atoms. The molecule has 78 valence electrons. The quantitative estimate of drug-likeness (QED) is 0.711. The zero-order valence-electron chi connectivity index (χ0n) is 7.11. The van der Waals surface area contributed by atoms with Crippen molar-refractivity contribution in [2.45, 2.75) is 0 Å². The minimum absolute atomic E-state index is 0. The summed E-state index contributed by atoms with van der Waals surface area (Å²) >= 11 is -0.472. The van der Waals surface area contributed by atoms with E-state index in [0.717, 1.165) is 11.1 Å². The van der Waals surface area contributed by atoms with Crippen molar-refractivity contribution in [3.63, 3.8) is 0 Å². The molecule has 0 atom stereocenters. The molecule has 0 radical (unpaired) electrons. The molecule has 0 amide bonds. The minimum atomic E-state index is -0.472. The summed E-state index contributed by atoms with van der Waals surface area (Å²) in [5.41, 5.74) is 3.07. The van der Waals surface area contributed by atoms with Crippen molar-refractivity contribution in [2.24, 2.45) is 0 Å². The van der Waals surface area contributed by atoms with Gasteiger partial charge in [-0.25, -0.2) is 0 Å². The van der Waals surface area contributed by atoms with Gasteiger partial charge in [0, 0.05) is 0 Å². The van der Waals surface area contributed by atoms with Crippen LogP contribution in [0.5, 0.6) is 0 Å². The van der Waals surface area contributed by atoms with Gasteiger partial charge in [-0.2, -0.15) is 5.26 Å². The van der Waals surface area contributed by atoms with E-state index in [1.165, 1.54) is 5.56 Å². The molecule has 14 heavy (non-hydrogen) atoms. The number of hydrogen-bond donors (Lipinski definition) is 1. The second-order valence-electron chi connectivity index (χ2n) is 2.30. The van der Waals surface area contributed by atoms with Crippen molar-refractivity contribution in [1.82, 2.24) is 6.15 Å². The first-order valence-corrected chi connectivity index (χ1v) is 9.00. The molecular weight excluding hydrogens is 402 g/mol. The summed E-state index contributed by atoms with van der Waals surface area (Å²) in [6.45, 7) is 0. The number of halogens is 2. The Balaban J connectivity index is 0.000000381. The molecule has 0 saturated carbocycles. The van der Waals surface area contributed by atoms with Crippen LogP contribution in [0.1, 0.15) is 11.1 Å². The summed E-state index contributed by atoms with van der Waals surface area (Å²) < 4.78 is 0. The molecule has 0 fully saturated rings. The van der Waals surface area contributed by atoms with E-state index in [1.807, 2.05) is 30.3 Å². The average Bonchev–Trinajstić information content (AvgIpc) is 2.09. The van der Waals surface area contributed by atoms with Crippen LogP contribution in [0.15, 0.2) is 24.3 Å². The predicted molar refractivity (Wildman–Crippen MR) is 56.7 cm³/mol. The summed E-state index contributed by atoms with van der Waals surface area (Å²) in [7, 11) is 9.75. The Morgan fingerprint density at radius 3 is 2.29 bits per heavy atom. The SMILES string of the molecule is N.N#CC1=Cc2ccccc21.[Cl][Pt][Cl]. The van der Waals surface area contributed by atoms with Gasteiger partial charge in [0.25, 0.3) is 0 Å². The maximum atomic E-state index is 8.51. The van der Waals surface area contributed by atoms with Crippen molar-refractivity contribution in [2.75, 3.05) is 0 Å². The van der Waals surface area contributed by atoms with Crippen LogP contribution in [-0.4, -0.2) is 0 Å². The van der Waals surface area contributed by atoms with Crippen LogP contribution < -0.4 is 6.15 Å². The molecule has 1 aromatic carbocycles. The van der Waals surface area contributed by atoms with Crippen LogP contribution >= 0.6 is 18.8 Å². The molecule has 0 unspecified atom stereocenters. The number of benzene rings is 1. The van der Waals surface area contributed by atoms with E-state index in [1.54, 1.807) is 0 Å². The van der Waals surface area contributed by atoms with Gasteiger partial charge in [0.2, 0.25) is 0 Å². The molecule has 0 saturated heterocycles. The summed E-state index contributed by atoms with van der Waals surface area (Å²) in [6.07, 6.45) is 1.90. The van der Waals surface area contributed by atoms with Gasteiger partial charge in [0.15, 0.2) is 0 Å². The summed E-state index contributed by atoms with van der Waals surface area (Å²) in [5, 5.41) is 8.51. The molecule has 1 aliphatic carbocycles. The van der Waals surface area contributed by atoms with E-state index < -0.39 is 16.5 Å². The van der Waals surface area contributed by atoms with Crippen LogP contribution in [0.3, 0.4) is 0 Å². The van der Waals surface area contributed by atoms with Gasteiger partial charge < -0.3 is 6.15 Å². The first-order valence-electron chi connectivity index (χ1n) is 3.37. The van der Waals surface area contributed by atoms with E-state index in [4.69, 9.17) is 24.1 Å². The van der Waals surface area contributed by atoms with E-state index in [2.05, 4.69) is 6.07 Å². The van der Waals surface area contributed by atoms with Crippen LogP contribution in [0, 0.1) is 11.3 Å². The topological polar surface area (TPSA) is 58.8 Å². The second kappa shape index (κ2) is 7.03. The number of nitriles is 1. The molecule has 1 aromatic rings. The summed E-state index contributed by atoms with van der Waals surface area (Å²) in [4.78, 5) is 0. The number of rotatable bonds is 0.